The lowest BCUT2D eigenvalue weighted by molar-refractivity contribution is -0.122. The predicted molar refractivity (Wildman–Crippen MR) is 82.3 cm³/mol. The number of Topliss-reactive ketones (excluding diaryl/α,β-unsaturated/α-hetero) is 1. The lowest BCUT2D eigenvalue weighted by atomic mass is 9.91. The summed E-state index contributed by atoms with van der Waals surface area (Å²) < 4.78 is 5.40. The van der Waals surface area contributed by atoms with Crippen LogP contribution in [0.1, 0.15) is 56.4 Å². The van der Waals surface area contributed by atoms with E-state index in [2.05, 4.69) is 18.8 Å². The summed E-state index contributed by atoms with van der Waals surface area (Å²) in [6.07, 6.45) is 6.38. The summed E-state index contributed by atoms with van der Waals surface area (Å²) in [7, 11) is 1.66. The molecule has 0 aliphatic carbocycles. The van der Waals surface area contributed by atoms with Gasteiger partial charge in [0.2, 0.25) is 0 Å². The van der Waals surface area contributed by atoms with Gasteiger partial charge in [0.15, 0.2) is 0 Å². The van der Waals surface area contributed by atoms with E-state index in [1.165, 1.54) is 0 Å². The molecule has 3 nitrogen and oxygen atoms in total. The second kappa shape index (κ2) is 8.03. The molecule has 0 fully saturated rings. The summed E-state index contributed by atoms with van der Waals surface area (Å²) >= 11 is 0. The number of rotatable bonds is 8. The SMILES string of the molecule is CCCCC(CC)C(=O)Cc1ncc(C)c(OC)c1C. The first kappa shape index (κ1) is 16.7. The summed E-state index contributed by atoms with van der Waals surface area (Å²) in [5.41, 5.74) is 2.86. The van der Waals surface area contributed by atoms with Gasteiger partial charge in [-0.05, 0) is 26.7 Å². The number of carbonyl (C=O) groups is 1. The van der Waals surface area contributed by atoms with Crippen molar-refractivity contribution in [2.24, 2.45) is 5.92 Å². The number of ether oxygens (including phenoxy) is 1. The minimum Gasteiger partial charge on any atom is -0.496 e. The number of carbonyl (C=O) groups excluding carboxylic acids is 1. The van der Waals surface area contributed by atoms with Gasteiger partial charge in [-0.3, -0.25) is 9.78 Å². The van der Waals surface area contributed by atoms with Crippen LogP contribution in [-0.2, 0) is 11.2 Å². The number of aryl methyl sites for hydroxylation is 1. The van der Waals surface area contributed by atoms with Crippen molar-refractivity contribution < 1.29 is 9.53 Å². The fraction of sp³-hybridized carbons (Fsp3) is 0.647. The zero-order valence-electron chi connectivity index (χ0n) is 13.5. The summed E-state index contributed by atoms with van der Waals surface area (Å²) in [4.78, 5) is 16.8. The zero-order chi connectivity index (χ0) is 15.1. The number of unbranched alkanes of at least 4 members (excludes halogenated alkanes) is 1. The Morgan fingerprint density at radius 1 is 1.35 bits per heavy atom. The van der Waals surface area contributed by atoms with Crippen LogP contribution in [0.25, 0.3) is 0 Å². The van der Waals surface area contributed by atoms with Crippen molar-refractivity contribution in [1.29, 1.82) is 0 Å². The molecule has 1 unspecified atom stereocenters. The van der Waals surface area contributed by atoms with Crippen LogP contribution in [0.5, 0.6) is 5.75 Å². The molecular weight excluding hydrogens is 250 g/mol. The highest BCUT2D eigenvalue weighted by molar-refractivity contribution is 5.83. The average Bonchev–Trinajstić information content (AvgIpc) is 2.43. The molecule has 0 radical (unpaired) electrons. The smallest absolute Gasteiger partial charge is 0.141 e. The third kappa shape index (κ3) is 4.06. The molecule has 0 aliphatic rings. The van der Waals surface area contributed by atoms with Crippen LogP contribution in [0.15, 0.2) is 6.20 Å². The Morgan fingerprint density at radius 3 is 2.60 bits per heavy atom. The molecule has 1 atom stereocenters. The van der Waals surface area contributed by atoms with Gasteiger partial charge in [0.25, 0.3) is 0 Å². The van der Waals surface area contributed by atoms with Crippen molar-refractivity contribution in [2.45, 2.75) is 59.8 Å². The van der Waals surface area contributed by atoms with Gasteiger partial charge in [-0.15, -0.1) is 0 Å². The molecule has 112 valence electrons. The fourth-order valence-electron chi connectivity index (χ4n) is 2.60. The normalized spacial score (nSPS) is 12.2. The number of aromatic nitrogens is 1. The minimum absolute atomic E-state index is 0.170. The van der Waals surface area contributed by atoms with Gasteiger partial charge in [-0.2, -0.15) is 0 Å². The van der Waals surface area contributed by atoms with E-state index in [0.29, 0.717) is 12.2 Å². The highest BCUT2D eigenvalue weighted by Gasteiger charge is 2.19. The van der Waals surface area contributed by atoms with Crippen LogP contribution in [0.3, 0.4) is 0 Å². The van der Waals surface area contributed by atoms with E-state index in [1.54, 1.807) is 13.3 Å². The zero-order valence-corrected chi connectivity index (χ0v) is 13.5. The van der Waals surface area contributed by atoms with Gasteiger partial charge in [-0.1, -0.05) is 26.7 Å². The van der Waals surface area contributed by atoms with Crippen LogP contribution >= 0.6 is 0 Å². The van der Waals surface area contributed by atoms with Gasteiger partial charge in [0.05, 0.1) is 12.8 Å². The van der Waals surface area contributed by atoms with Gasteiger partial charge < -0.3 is 4.74 Å². The van der Waals surface area contributed by atoms with Gasteiger partial charge in [-0.25, -0.2) is 0 Å². The van der Waals surface area contributed by atoms with Gasteiger partial charge >= 0.3 is 0 Å². The second-order valence-electron chi connectivity index (χ2n) is 5.44. The molecule has 1 aromatic rings. The van der Waals surface area contributed by atoms with Crippen LogP contribution < -0.4 is 4.74 Å². The Bertz CT molecular complexity index is 455. The summed E-state index contributed by atoms with van der Waals surface area (Å²) in [5.74, 6) is 1.33. The molecule has 1 aromatic heterocycles. The molecule has 0 bridgehead atoms. The van der Waals surface area contributed by atoms with Crippen molar-refractivity contribution in [1.82, 2.24) is 4.98 Å². The Kier molecular flexibility index (Phi) is 6.69. The second-order valence-corrected chi connectivity index (χ2v) is 5.44. The molecule has 20 heavy (non-hydrogen) atoms. The monoisotopic (exact) mass is 277 g/mol. The molecule has 3 heteroatoms. The van der Waals surface area contributed by atoms with E-state index in [4.69, 9.17) is 4.74 Å². The molecule has 0 spiro atoms. The first-order chi connectivity index (χ1) is 9.54. The number of hydrogen-bond acceptors (Lipinski definition) is 3. The fourth-order valence-corrected chi connectivity index (χ4v) is 2.60. The summed E-state index contributed by atoms with van der Waals surface area (Å²) in [6, 6.07) is 0. The molecule has 0 amide bonds. The van der Waals surface area contributed by atoms with Gasteiger partial charge in [0.1, 0.15) is 11.5 Å². The summed E-state index contributed by atoms with van der Waals surface area (Å²) in [6.45, 7) is 8.21. The number of pyridine rings is 1. The number of nitrogens with zero attached hydrogens (tertiary/aromatic N) is 1. The third-order valence-electron chi connectivity index (χ3n) is 3.95. The van der Waals surface area contributed by atoms with Crippen LogP contribution in [-0.4, -0.2) is 17.9 Å². The Hall–Kier alpha value is -1.38. The highest BCUT2D eigenvalue weighted by Crippen LogP contribution is 2.25. The number of methoxy groups -OCH3 is 1. The molecule has 1 rings (SSSR count). The van der Waals surface area contributed by atoms with Crippen molar-refractivity contribution in [3.8, 4) is 5.75 Å². The van der Waals surface area contributed by atoms with Crippen molar-refractivity contribution >= 4 is 5.78 Å². The molecule has 0 aromatic carbocycles. The molecule has 0 aliphatic heterocycles. The maximum atomic E-state index is 12.4. The number of hydrogen-bond donors (Lipinski definition) is 0. The van der Waals surface area contributed by atoms with E-state index in [0.717, 1.165) is 48.3 Å². The number of ketones is 1. The third-order valence-corrected chi connectivity index (χ3v) is 3.95. The van der Waals surface area contributed by atoms with E-state index in [9.17, 15) is 4.79 Å². The van der Waals surface area contributed by atoms with Crippen molar-refractivity contribution in [3.63, 3.8) is 0 Å². The molecule has 0 saturated heterocycles. The van der Waals surface area contributed by atoms with Crippen molar-refractivity contribution in [3.05, 3.63) is 23.0 Å². The average molecular weight is 277 g/mol. The highest BCUT2D eigenvalue weighted by atomic mass is 16.5. The lowest BCUT2D eigenvalue weighted by Gasteiger charge is -2.15. The maximum absolute atomic E-state index is 12.4. The van der Waals surface area contributed by atoms with Crippen LogP contribution in [0.4, 0.5) is 0 Å². The molecule has 1 heterocycles. The largest absolute Gasteiger partial charge is 0.496 e. The minimum atomic E-state index is 0.170. The topological polar surface area (TPSA) is 39.2 Å². The van der Waals surface area contributed by atoms with E-state index < -0.39 is 0 Å². The lowest BCUT2D eigenvalue weighted by Crippen LogP contribution is -2.17. The molecular formula is C17H27NO2. The standard InChI is InChI=1S/C17H27NO2/c1-6-8-9-14(7-2)16(19)10-15-13(4)17(20-5)12(3)11-18-15/h11,14H,6-10H2,1-5H3. The quantitative estimate of drug-likeness (QED) is 0.720. The van der Waals surface area contributed by atoms with E-state index >= 15 is 0 Å². The summed E-state index contributed by atoms with van der Waals surface area (Å²) in [5, 5.41) is 0. The Morgan fingerprint density at radius 2 is 2.05 bits per heavy atom. The predicted octanol–water partition coefficient (Wildman–Crippen LogP) is 4.04. The maximum Gasteiger partial charge on any atom is 0.141 e. The van der Waals surface area contributed by atoms with Crippen molar-refractivity contribution in [2.75, 3.05) is 7.11 Å². The first-order valence-corrected chi connectivity index (χ1v) is 7.56. The van der Waals surface area contributed by atoms with Crippen LogP contribution in [0.2, 0.25) is 0 Å². The van der Waals surface area contributed by atoms with Gasteiger partial charge in [0, 0.05) is 29.7 Å². The van der Waals surface area contributed by atoms with Crippen LogP contribution in [0, 0.1) is 19.8 Å². The Labute approximate surface area is 122 Å². The Balaban J connectivity index is 2.84. The van der Waals surface area contributed by atoms with E-state index in [1.807, 2.05) is 13.8 Å². The molecule has 0 N–H and O–H groups in total. The van der Waals surface area contributed by atoms with E-state index in [-0.39, 0.29) is 5.92 Å². The first-order valence-electron chi connectivity index (χ1n) is 7.56. The molecule has 0 saturated carbocycles.